The number of hydrogen-bond acceptors (Lipinski definition) is 3. The zero-order chi connectivity index (χ0) is 16.3. The molecule has 0 spiro atoms. The van der Waals surface area contributed by atoms with Gasteiger partial charge in [0.1, 0.15) is 5.25 Å². The van der Waals surface area contributed by atoms with Crippen LogP contribution in [0.25, 0.3) is 0 Å². The number of rotatable bonds is 5. The maximum absolute atomic E-state index is 12.3. The lowest BCUT2D eigenvalue weighted by Crippen LogP contribution is -2.35. The van der Waals surface area contributed by atoms with Crippen LogP contribution in [0.4, 0.5) is 11.4 Å². The van der Waals surface area contributed by atoms with E-state index in [1.165, 1.54) is 12.1 Å². The maximum atomic E-state index is 12.3. The van der Waals surface area contributed by atoms with Gasteiger partial charge in [-0.05, 0) is 25.0 Å². The van der Waals surface area contributed by atoms with Crippen molar-refractivity contribution in [2.75, 3.05) is 11.1 Å². The highest BCUT2D eigenvalue weighted by Crippen LogP contribution is 2.32. The predicted octanol–water partition coefficient (Wildman–Crippen LogP) is 3.70. The van der Waals surface area contributed by atoms with E-state index in [-0.39, 0.29) is 27.8 Å². The molecule has 3 unspecified atom stereocenters. The fourth-order valence-electron chi connectivity index (χ4n) is 1.65. The van der Waals surface area contributed by atoms with Gasteiger partial charge in [-0.3, -0.25) is 9.00 Å². The number of hydrogen-bond donors (Lipinski definition) is 2. The second-order valence-electron chi connectivity index (χ2n) is 5.26. The molecule has 1 amide bonds. The number of nitrogens with two attached hydrogens (primary N) is 1. The van der Waals surface area contributed by atoms with Crippen LogP contribution < -0.4 is 11.1 Å². The highest BCUT2D eigenvalue weighted by atomic mass is 35.5. The van der Waals surface area contributed by atoms with Crippen molar-refractivity contribution in [1.82, 2.24) is 0 Å². The number of anilines is 2. The third kappa shape index (κ3) is 4.59. The zero-order valence-electron chi connectivity index (χ0n) is 12.4. The average molecular weight is 351 g/mol. The van der Waals surface area contributed by atoms with E-state index in [0.29, 0.717) is 10.7 Å². The minimum atomic E-state index is -1.28. The predicted molar refractivity (Wildman–Crippen MR) is 91.4 cm³/mol. The maximum Gasteiger partial charge on any atom is 0.239 e. The summed E-state index contributed by atoms with van der Waals surface area (Å²) in [4.78, 5) is 12.2. The van der Waals surface area contributed by atoms with Crippen molar-refractivity contribution < 1.29 is 9.00 Å². The SMILES string of the molecule is CC(C)C(C)S(=O)C(C)C(=O)Nc1c(N)cc(Cl)cc1Cl. The molecule has 0 aliphatic heterocycles. The van der Waals surface area contributed by atoms with Crippen molar-refractivity contribution in [2.45, 2.75) is 38.2 Å². The van der Waals surface area contributed by atoms with E-state index in [4.69, 9.17) is 28.9 Å². The number of nitrogens with one attached hydrogen (secondary N) is 1. The van der Waals surface area contributed by atoms with E-state index in [9.17, 15) is 9.00 Å². The van der Waals surface area contributed by atoms with Gasteiger partial charge in [-0.1, -0.05) is 44.0 Å². The van der Waals surface area contributed by atoms with Crippen molar-refractivity contribution in [2.24, 2.45) is 5.92 Å². The molecule has 21 heavy (non-hydrogen) atoms. The normalized spacial score (nSPS) is 15.6. The summed E-state index contributed by atoms with van der Waals surface area (Å²) >= 11 is 11.8. The summed E-state index contributed by atoms with van der Waals surface area (Å²) in [5.41, 5.74) is 6.37. The van der Waals surface area contributed by atoms with E-state index in [2.05, 4.69) is 5.32 Å². The fourth-order valence-corrected chi connectivity index (χ4v) is 3.65. The van der Waals surface area contributed by atoms with Gasteiger partial charge in [0.25, 0.3) is 0 Å². The number of amides is 1. The lowest BCUT2D eigenvalue weighted by Gasteiger charge is -2.20. The van der Waals surface area contributed by atoms with Crippen molar-refractivity contribution in [3.63, 3.8) is 0 Å². The molecule has 4 nitrogen and oxygen atoms in total. The number of halogens is 2. The minimum absolute atomic E-state index is 0.0798. The molecular formula is C14H20Cl2N2O2S. The highest BCUT2D eigenvalue weighted by Gasteiger charge is 2.27. The highest BCUT2D eigenvalue weighted by molar-refractivity contribution is 7.87. The summed E-state index contributed by atoms with van der Waals surface area (Å²) < 4.78 is 12.3. The van der Waals surface area contributed by atoms with Crippen LogP contribution in [0.5, 0.6) is 0 Å². The number of nitrogen functional groups attached to an aromatic ring is 1. The van der Waals surface area contributed by atoms with Gasteiger partial charge >= 0.3 is 0 Å². The van der Waals surface area contributed by atoms with Crippen LogP contribution >= 0.6 is 23.2 Å². The van der Waals surface area contributed by atoms with Gasteiger partial charge in [0.2, 0.25) is 5.91 Å². The second kappa shape index (κ2) is 7.47. The third-order valence-corrected chi connectivity index (χ3v) is 6.06. The van der Waals surface area contributed by atoms with E-state index in [1.54, 1.807) is 6.92 Å². The number of benzene rings is 1. The Balaban J connectivity index is 2.89. The lowest BCUT2D eigenvalue weighted by molar-refractivity contribution is -0.115. The van der Waals surface area contributed by atoms with Crippen LogP contribution in [-0.2, 0) is 15.6 Å². The number of carbonyl (C=O) groups is 1. The van der Waals surface area contributed by atoms with Gasteiger partial charge in [0.05, 0.1) is 16.4 Å². The fraction of sp³-hybridized carbons (Fsp3) is 0.500. The van der Waals surface area contributed by atoms with Gasteiger partial charge in [0.15, 0.2) is 0 Å². The lowest BCUT2D eigenvalue weighted by atomic mass is 10.2. The first-order chi connectivity index (χ1) is 9.65. The average Bonchev–Trinajstić information content (AvgIpc) is 2.39. The third-order valence-electron chi connectivity index (χ3n) is 3.36. The molecular weight excluding hydrogens is 331 g/mol. The van der Waals surface area contributed by atoms with Gasteiger partial charge in [-0.25, -0.2) is 0 Å². The monoisotopic (exact) mass is 350 g/mol. The Kier molecular flexibility index (Phi) is 6.50. The quantitative estimate of drug-likeness (QED) is 0.795. The molecule has 7 heteroatoms. The van der Waals surface area contributed by atoms with Crippen LogP contribution in [0, 0.1) is 5.92 Å². The molecule has 0 fully saturated rings. The van der Waals surface area contributed by atoms with Gasteiger partial charge in [-0.2, -0.15) is 0 Å². The molecule has 0 radical (unpaired) electrons. The van der Waals surface area contributed by atoms with Crippen LogP contribution in [0.1, 0.15) is 27.7 Å². The molecule has 0 aliphatic carbocycles. The molecule has 1 aromatic rings. The van der Waals surface area contributed by atoms with Crippen molar-refractivity contribution in [3.05, 3.63) is 22.2 Å². The first-order valence-corrected chi connectivity index (χ1v) is 8.63. The molecule has 1 rings (SSSR count). The Bertz CT molecular complexity index is 541. The van der Waals surface area contributed by atoms with E-state index in [0.717, 1.165) is 0 Å². The zero-order valence-corrected chi connectivity index (χ0v) is 14.8. The largest absolute Gasteiger partial charge is 0.397 e. The topological polar surface area (TPSA) is 72.2 Å². The van der Waals surface area contributed by atoms with E-state index in [1.807, 2.05) is 20.8 Å². The molecule has 0 heterocycles. The molecule has 0 aromatic heterocycles. The first kappa shape index (κ1) is 18.3. The summed E-state index contributed by atoms with van der Waals surface area (Å²) in [6.07, 6.45) is 0. The summed E-state index contributed by atoms with van der Waals surface area (Å²) in [5, 5.41) is 2.54. The van der Waals surface area contributed by atoms with E-state index < -0.39 is 16.0 Å². The summed E-state index contributed by atoms with van der Waals surface area (Å²) in [6, 6.07) is 2.99. The first-order valence-electron chi connectivity index (χ1n) is 6.59. The molecule has 3 atom stereocenters. The summed E-state index contributed by atoms with van der Waals surface area (Å²) in [6.45, 7) is 7.45. The van der Waals surface area contributed by atoms with Gasteiger partial charge < -0.3 is 11.1 Å². The van der Waals surface area contributed by atoms with Gasteiger partial charge in [0, 0.05) is 21.1 Å². The Hall–Kier alpha value is -0.780. The summed E-state index contributed by atoms with van der Waals surface area (Å²) in [5.74, 6) is -0.151. The van der Waals surface area contributed by atoms with Crippen molar-refractivity contribution >= 4 is 51.3 Å². The van der Waals surface area contributed by atoms with E-state index >= 15 is 0 Å². The van der Waals surface area contributed by atoms with Crippen molar-refractivity contribution in [1.29, 1.82) is 0 Å². The Morgan fingerprint density at radius 3 is 2.29 bits per heavy atom. The van der Waals surface area contributed by atoms with Gasteiger partial charge in [-0.15, -0.1) is 0 Å². The second-order valence-corrected chi connectivity index (χ2v) is 8.21. The molecule has 0 saturated heterocycles. The van der Waals surface area contributed by atoms with Crippen LogP contribution in [0.2, 0.25) is 10.0 Å². The van der Waals surface area contributed by atoms with Crippen molar-refractivity contribution in [3.8, 4) is 0 Å². The molecule has 0 bridgehead atoms. The molecule has 0 saturated carbocycles. The van der Waals surface area contributed by atoms with Crippen LogP contribution in [0.15, 0.2) is 12.1 Å². The Labute approximate surface area is 137 Å². The standard InChI is InChI=1S/C14H20Cl2N2O2S/c1-7(2)8(3)21(20)9(4)14(19)18-13-11(16)5-10(15)6-12(13)17/h5-9H,17H2,1-4H3,(H,18,19). The molecule has 3 N–H and O–H groups in total. The molecule has 0 aliphatic rings. The summed E-state index contributed by atoms with van der Waals surface area (Å²) in [7, 11) is -1.28. The minimum Gasteiger partial charge on any atom is -0.397 e. The molecule has 1 aromatic carbocycles. The Morgan fingerprint density at radius 2 is 1.81 bits per heavy atom. The number of carbonyl (C=O) groups excluding carboxylic acids is 1. The van der Waals surface area contributed by atoms with Crippen LogP contribution in [-0.4, -0.2) is 20.6 Å². The molecule has 118 valence electrons. The van der Waals surface area contributed by atoms with Crippen LogP contribution in [0.3, 0.4) is 0 Å². The smallest absolute Gasteiger partial charge is 0.239 e. The Morgan fingerprint density at radius 1 is 1.24 bits per heavy atom.